The van der Waals surface area contributed by atoms with Gasteiger partial charge in [-0.25, -0.2) is 0 Å². The third-order valence-corrected chi connectivity index (χ3v) is 2.81. The van der Waals surface area contributed by atoms with E-state index in [4.69, 9.17) is 28.9 Å². The van der Waals surface area contributed by atoms with E-state index < -0.39 is 0 Å². The standard InChI is InChI=1S/C10H13Cl2N.ClH/c1-2-4-9(13)7-5-3-6-8(11)10(7)12;/h3,5-6,9H,2,4,13H2,1H3;1H/t9-;/m0./s1. The van der Waals surface area contributed by atoms with E-state index in [-0.39, 0.29) is 18.4 Å². The molecule has 0 fully saturated rings. The molecule has 1 nitrogen and oxygen atoms in total. The third kappa shape index (κ3) is 3.32. The number of halogens is 3. The van der Waals surface area contributed by atoms with Crippen molar-refractivity contribution in [1.29, 1.82) is 0 Å². The van der Waals surface area contributed by atoms with Crippen molar-refractivity contribution in [3.63, 3.8) is 0 Å². The van der Waals surface area contributed by atoms with Crippen LogP contribution in [0, 0.1) is 0 Å². The minimum atomic E-state index is -0.00352. The average molecular weight is 255 g/mol. The lowest BCUT2D eigenvalue weighted by Gasteiger charge is -2.12. The maximum atomic E-state index is 6.01. The highest BCUT2D eigenvalue weighted by Crippen LogP contribution is 2.30. The Hall–Kier alpha value is 0.0500. The van der Waals surface area contributed by atoms with Crippen molar-refractivity contribution >= 4 is 35.6 Å². The summed E-state index contributed by atoms with van der Waals surface area (Å²) in [5.74, 6) is 0. The predicted octanol–water partition coefficient (Wildman–Crippen LogP) is 4.22. The van der Waals surface area contributed by atoms with Gasteiger partial charge in [0.15, 0.2) is 0 Å². The fraction of sp³-hybridized carbons (Fsp3) is 0.400. The number of hydrogen-bond acceptors (Lipinski definition) is 1. The highest BCUT2D eigenvalue weighted by atomic mass is 35.5. The van der Waals surface area contributed by atoms with E-state index in [1.165, 1.54) is 0 Å². The molecule has 0 aliphatic heterocycles. The van der Waals surface area contributed by atoms with Crippen LogP contribution in [0.3, 0.4) is 0 Å². The Morgan fingerprint density at radius 2 is 2.00 bits per heavy atom. The number of nitrogens with two attached hydrogens (primary N) is 1. The topological polar surface area (TPSA) is 26.0 Å². The van der Waals surface area contributed by atoms with Crippen LogP contribution >= 0.6 is 35.6 Å². The second-order valence-electron chi connectivity index (χ2n) is 3.04. The lowest BCUT2D eigenvalue weighted by atomic mass is 10.0. The summed E-state index contributed by atoms with van der Waals surface area (Å²) in [7, 11) is 0. The Morgan fingerprint density at radius 3 is 2.57 bits per heavy atom. The Bertz CT molecular complexity index is 289. The van der Waals surface area contributed by atoms with Gasteiger partial charge in [-0.05, 0) is 18.1 Å². The summed E-state index contributed by atoms with van der Waals surface area (Å²) >= 11 is 11.9. The first-order chi connectivity index (χ1) is 6.16. The molecule has 0 heterocycles. The molecule has 0 spiro atoms. The third-order valence-electron chi connectivity index (χ3n) is 1.98. The number of rotatable bonds is 3. The van der Waals surface area contributed by atoms with Crippen molar-refractivity contribution in [3.05, 3.63) is 33.8 Å². The molecule has 1 rings (SSSR count). The lowest BCUT2D eigenvalue weighted by molar-refractivity contribution is 0.639. The van der Waals surface area contributed by atoms with Gasteiger partial charge < -0.3 is 5.73 Å². The monoisotopic (exact) mass is 253 g/mol. The van der Waals surface area contributed by atoms with Crippen LogP contribution in [-0.2, 0) is 0 Å². The van der Waals surface area contributed by atoms with Crippen LogP contribution in [0.15, 0.2) is 18.2 Å². The largest absolute Gasteiger partial charge is 0.324 e. The molecule has 1 aromatic carbocycles. The molecule has 0 amide bonds. The normalized spacial score (nSPS) is 12.0. The first-order valence-corrected chi connectivity index (χ1v) is 5.12. The molecule has 0 saturated carbocycles. The smallest absolute Gasteiger partial charge is 0.0639 e. The van der Waals surface area contributed by atoms with Crippen LogP contribution in [0.25, 0.3) is 0 Å². The molecule has 14 heavy (non-hydrogen) atoms. The van der Waals surface area contributed by atoms with Crippen molar-refractivity contribution in [2.24, 2.45) is 5.73 Å². The van der Waals surface area contributed by atoms with Crippen LogP contribution in [0.2, 0.25) is 10.0 Å². The van der Waals surface area contributed by atoms with Gasteiger partial charge in [0.1, 0.15) is 0 Å². The fourth-order valence-corrected chi connectivity index (χ4v) is 1.72. The summed E-state index contributed by atoms with van der Waals surface area (Å²) in [6.07, 6.45) is 1.98. The highest BCUT2D eigenvalue weighted by molar-refractivity contribution is 6.42. The van der Waals surface area contributed by atoms with Gasteiger partial charge >= 0.3 is 0 Å². The number of hydrogen-bond donors (Lipinski definition) is 1. The van der Waals surface area contributed by atoms with E-state index in [1.54, 1.807) is 6.07 Å². The zero-order valence-corrected chi connectivity index (χ0v) is 10.3. The summed E-state index contributed by atoms with van der Waals surface area (Å²) in [5, 5.41) is 1.16. The van der Waals surface area contributed by atoms with Gasteiger partial charge in [0.2, 0.25) is 0 Å². The second kappa shape index (κ2) is 6.52. The first kappa shape index (κ1) is 14.1. The van der Waals surface area contributed by atoms with Gasteiger partial charge in [0, 0.05) is 6.04 Å². The Labute approximate surface area is 101 Å². The Morgan fingerprint density at radius 1 is 1.36 bits per heavy atom. The summed E-state index contributed by atoms with van der Waals surface area (Å²) in [5.41, 5.74) is 6.87. The van der Waals surface area contributed by atoms with E-state index in [1.807, 2.05) is 12.1 Å². The van der Waals surface area contributed by atoms with Crippen molar-refractivity contribution in [3.8, 4) is 0 Å². The van der Waals surface area contributed by atoms with Gasteiger partial charge in [-0.2, -0.15) is 0 Å². The molecule has 0 aliphatic carbocycles. The second-order valence-corrected chi connectivity index (χ2v) is 3.82. The van der Waals surface area contributed by atoms with Crippen molar-refractivity contribution in [2.45, 2.75) is 25.8 Å². The molecule has 80 valence electrons. The van der Waals surface area contributed by atoms with Crippen molar-refractivity contribution in [2.75, 3.05) is 0 Å². The van der Waals surface area contributed by atoms with Gasteiger partial charge in [0.25, 0.3) is 0 Å². The minimum Gasteiger partial charge on any atom is -0.324 e. The molecule has 1 aromatic rings. The fourth-order valence-electron chi connectivity index (χ4n) is 1.27. The minimum absolute atomic E-state index is 0. The van der Waals surface area contributed by atoms with Crippen LogP contribution in [0.4, 0.5) is 0 Å². The van der Waals surface area contributed by atoms with Crippen LogP contribution in [0.5, 0.6) is 0 Å². The Balaban J connectivity index is 0.00000169. The van der Waals surface area contributed by atoms with E-state index in [2.05, 4.69) is 6.92 Å². The predicted molar refractivity (Wildman–Crippen MR) is 65.5 cm³/mol. The Kier molecular flexibility index (Phi) is 6.54. The summed E-state index contributed by atoms with van der Waals surface area (Å²) in [6, 6.07) is 5.57. The van der Waals surface area contributed by atoms with Crippen LogP contribution in [-0.4, -0.2) is 0 Å². The zero-order chi connectivity index (χ0) is 9.84. The van der Waals surface area contributed by atoms with E-state index in [0.717, 1.165) is 18.4 Å². The van der Waals surface area contributed by atoms with Crippen molar-refractivity contribution < 1.29 is 0 Å². The van der Waals surface area contributed by atoms with Crippen LogP contribution in [0.1, 0.15) is 31.4 Å². The molecule has 1 atom stereocenters. The quantitative estimate of drug-likeness (QED) is 0.859. The molecule has 0 bridgehead atoms. The summed E-state index contributed by atoms with van der Waals surface area (Å²) in [4.78, 5) is 0. The summed E-state index contributed by atoms with van der Waals surface area (Å²) in [6.45, 7) is 2.10. The van der Waals surface area contributed by atoms with Gasteiger partial charge in [-0.1, -0.05) is 48.7 Å². The molecular weight excluding hydrogens is 240 g/mol. The summed E-state index contributed by atoms with van der Waals surface area (Å²) < 4.78 is 0. The van der Waals surface area contributed by atoms with E-state index >= 15 is 0 Å². The van der Waals surface area contributed by atoms with Crippen molar-refractivity contribution in [1.82, 2.24) is 0 Å². The molecule has 4 heteroatoms. The average Bonchev–Trinajstić information content (AvgIpc) is 2.10. The molecule has 0 radical (unpaired) electrons. The molecular formula is C10H14Cl3N. The highest BCUT2D eigenvalue weighted by Gasteiger charge is 2.10. The first-order valence-electron chi connectivity index (χ1n) is 4.36. The molecule has 0 unspecified atom stereocenters. The molecule has 0 aliphatic rings. The molecule has 0 saturated heterocycles. The van der Waals surface area contributed by atoms with Crippen LogP contribution < -0.4 is 5.73 Å². The van der Waals surface area contributed by atoms with E-state index in [0.29, 0.717) is 10.0 Å². The van der Waals surface area contributed by atoms with Gasteiger partial charge in [0.05, 0.1) is 10.0 Å². The number of benzene rings is 1. The molecule has 2 N–H and O–H groups in total. The maximum Gasteiger partial charge on any atom is 0.0639 e. The zero-order valence-electron chi connectivity index (χ0n) is 7.97. The lowest BCUT2D eigenvalue weighted by Crippen LogP contribution is -2.10. The maximum absolute atomic E-state index is 6.01. The molecule has 0 aromatic heterocycles. The van der Waals surface area contributed by atoms with Gasteiger partial charge in [-0.15, -0.1) is 12.4 Å². The van der Waals surface area contributed by atoms with Gasteiger partial charge in [-0.3, -0.25) is 0 Å². The van der Waals surface area contributed by atoms with E-state index in [9.17, 15) is 0 Å². The SMILES string of the molecule is CCC[C@H](N)c1cccc(Cl)c1Cl.Cl.